The second-order valence-electron chi connectivity index (χ2n) is 8.22. The number of anilines is 1. The van der Waals surface area contributed by atoms with Gasteiger partial charge in [-0.2, -0.15) is 0 Å². The molecule has 2 unspecified atom stereocenters. The molecule has 3 nitrogen and oxygen atoms in total. The minimum atomic E-state index is -0.544. The van der Waals surface area contributed by atoms with E-state index in [1.165, 1.54) is 17.2 Å². The quantitative estimate of drug-likeness (QED) is 0.267. The minimum absolute atomic E-state index is 0.199. The van der Waals surface area contributed by atoms with E-state index < -0.39 is 8.15 Å². The minimum Gasteiger partial charge on any atom is -0.264 e. The van der Waals surface area contributed by atoms with Crippen molar-refractivity contribution >= 4 is 24.7 Å². The Morgan fingerprint density at radius 3 is 2.60 bits per heavy atom. The summed E-state index contributed by atoms with van der Waals surface area (Å²) in [4.78, 5) is 4.40. The Morgan fingerprint density at radius 2 is 1.87 bits per heavy atom. The van der Waals surface area contributed by atoms with E-state index in [0.29, 0.717) is 11.8 Å². The van der Waals surface area contributed by atoms with Crippen LogP contribution in [0.1, 0.15) is 50.2 Å². The summed E-state index contributed by atoms with van der Waals surface area (Å²) in [7, 11) is -0.544. The van der Waals surface area contributed by atoms with E-state index in [1.54, 1.807) is 12.1 Å². The number of nitrogens with one attached hydrogen (secondary N) is 1. The van der Waals surface area contributed by atoms with Gasteiger partial charge in [-0.15, -0.1) is 0 Å². The van der Waals surface area contributed by atoms with Gasteiger partial charge in [-0.25, -0.2) is 4.39 Å². The Labute approximate surface area is 180 Å². The summed E-state index contributed by atoms with van der Waals surface area (Å²) in [5, 5.41) is 0.945. The molecule has 0 aliphatic carbocycles. The second-order valence-corrected chi connectivity index (χ2v) is 10.0. The summed E-state index contributed by atoms with van der Waals surface area (Å²) in [5.74, 6) is 0.782. The number of fused-ring (bicyclic) bond motifs is 1. The number of aromatic nitrogens is 1. The van der Waals surface area contributed by atoms with Gasteiger partial charge < -0.3 is 0 Å². The molecule has 3 atom stereocenters. The Kier molecular flexibility index (Phi) is 8.18. The van der Waals surface area contributed by atoms with Crippen LogP contribution in [0.5, 0.6) is 0 Å². The van der Waals surface area contributed by atoms with E-state index in [-0.39, 0.29) is 5.82 Å². The highest BCUT2D eigenvalue weighted by molar-refractivity contribution is 7.51. The maximum Gasteiger partial charge on any atom is 0.123 e. The lowest BCUT2D eigenvalue weighted by molar-refractivity contribution is 0.437. The SMILES string of the molecule is CCC(CC[C@H](C)CP(C)ONc1ccc(C)cc1)c1ccnc2ccc(F)cc12. The van der Waals surface area contributed by atoms with E-state index in [2.05, 4.69) is 56.1 Å². The fourth-order valence-corrected chi connectivity index (χ4v) is 5.28. The molecule has 0 radical (unpaired) electrons. The monoisotopic (exact) mass is 426 g/mol. The van der Waals surface area contributed by atoms with Crippen LogP contribution in [-0.2, 0) is 4.62 Å². The van der Waals surface area contributed by atoms with Crippen molar-refractivity contribution in [2.45, 2.75) is 46.0 Å². The molecule has 0 fully saturated rings. The van der Waals surface area contributed by atoms with Gasteiger partial charge in [0, 0.05) is 11.6 Å². The van der Waals surface area contributed by atoms with Gasteiger partial charge in [0.15, 0.2) is 0 Å². The van der Waals surface area contributed by atoms with Gasteiger partial charge in [-0.1, -0.05) is 31.5 Å². The zero-order chi connectivity index (χ0) is 21.5. The Balaban J connectivity index is 1.53. The van der Waals surface area contributed by atoms with Crippen molar-refractivity contribution in [3.8, 4) is 0 Å². The molecule has 0 aliphatic heterocycles. The normalized spacial score (nSPS) is 14.4. The third-order valence-electron chi connectivity index (χ3n) is 5.62. The maximum absolute atomic E-state index is 13.8. The van der Waals surface area contributed by atoms with E-state index >= 15 is 0 Å². The molecule has 0 saturated carbocycles. The number of rotatable bonds is 10. The molecule has 1 N–H and O–H groups in total. The predicted octanol–water partition coefficient (Wildman–Crippen LogP) is 7.66. The first-order valence-corrected chi connectivity index (χ1v) is 12.6. The predicted molar refractivity (Wildman–Crippen MR) is 127 cm³/mol. The highest BCUT2D eigenvalue weighted by Gasteiger charge is 2.17. The third-order valence-corrected chi connectivity index (χ3v) is 7.16. The lowest BCUT2D eigenvalue weighted by Gasteiger charge is -2.22. The first-order chi connectivity index (χ1) is 14.5. The van der Waals surface area contributed by atoms with Crippen molar-refractivity contribution in [1.82, 2.24) is 4.98 Å². The van der Waals surface area contributed by atoms with Gasteiger partial charge in [0.25, 0.3) is 0 Å². The zero-order valence-corrected chi connectivity index (χ0v) is 19.3. The van der Waals surface area contributed by atoms with Crippen LogP contribution in [0, 0.1) is 18.7 Å². The fourth-order valence-electron chi connectivity index (χ4n) is 3.88. The van der Waals surface area contributed by atoms with Crippen LogP contribution in [0.2, 0.25) is 0 Å². The highest BCUT2D eigenvalue weighted by Crippen LogP contribution is 2.38. The molecule has 2 aromatic carbocycles. The molecule has 3 rings (SSSR count). The van der Waals surface area contributed by atoms with Gasteiger partial charge in [-0.3, -0.25) is 15.1 Å². The Morgan fingerprint density at radius 1 is 1.10 bits per heavy atom. The smallest absolute Gasteiger partial charge is 0.123 e. The molecule has 1 aromatic heterocycles. The average Bonchev–Trinajstić information content (AvgIpc) is 2.74. The van der Waals surface area contributed by atoms with Crippen molar-refractivity contribution in [1.29, 1.82) is 0 Å². The largest absolute Gasteiger partial charge is 0.264 e. The lowest BCUT2D eigenvalue weighted by Crippen LogP contribution is -2.07. The Hall–Kier alpha value is -2.03. The van der Waals surface area contributed by atoms with Crippen LogP contribution in [0.25, 0.3) is 10.9 Å². The number of aryl methyl sites for hydroxylation is 1. The van der Waals surface area contributed by atoms with E-state index in [4.69, 9.17) is 4.62 Å². The lowest BCUT2D eigenvalue weighted by atomic mass is 9.87. The van der Waals surface area contributed by atoms with E-state index in [0.717, 1.165) is 42.0 Å². The molecule has 5 heteroatoms. The molecule has 3 aromatic rings. The third kappa shape index (κ3) is 6.23. The first kappa shape index (κ1) is 22.7. The van der Waals surface area contributed by atoms with Crippen molar-refractivity contribution in [2.24, 2.45) is 5.92 Å². The summed E-state index contributed by atoms with van der Waals surface area (Å²) < 4.78 is 19.7. The van der Waals surface area contributed by atoms with Gasteiger partial charge in [-0.05, 0) is 92.8 Å². The molecule has 0 aliphatic rings. The fraction of sp³-hybridized carbons (Fsp3) is 0.400. The standard InChI is InChI=1S/C25H32FN2OP/c1-5-20(23-14-15-27-25-13-10-21(26)16-24(23)25)9-6-19(3)17-30(4)29-28-22-11-7-18(2)8-12-22/h7-8,10-16,19-20,28H,5-6,9,17H2,1-4H3/t19-,20?,30?/m0/s1. The zero-order valence-electron chi connectivity index (χ0n) is 18.4. The van der Waals surface area contributed by atoms with Crippen LogP contribution in [0.15, 0.2) is 54.7 Å². The molecule has 30 heavy (non-hydrogen) atoms. The molecule has 0 saturated heterocycles. The number of hydrogen-bond donors (Lipinski definition) is 1. The van der Waals surface area contributed by atoms with Crippen molar-refractivity contribution in [3.63, 3.8) is 0 Å². The van der Waals surface area contributed by atoms with Crippen LogP contribution in [-0.4, -0.2) is 17.8 Å². The van der Waals surface area contributed by atoms with Crippen molar-refractivity contribution < 1.29 is 9.01 Å². The number of pyridine rings is 1. The van der Waals surface area contributed by atoms with Gasteiger partial charge >= 0.3 is 0 Å². The topological polar surface area (TPSA) is 34.1 Å². The summed E-state index contributed by atoms with van der Waals surface area (Å²) in [6, 6.07) is 15.2. The van der Waals surface area contributed by atoms with Crippen molar-refractivity contribution in [3.05, 3.63) is 71.7 Å². The number of benzene rings is 2. The highest BCUT2D eigenvalue weighted by atomic mass is 31.1. The summed E-state index contributed by atoms with van der Waals surface area (Å²) >= 11 is 0. The van der Waals surface area contributed by atoms with E-state index in [1.807, 2.05) is 18.3 Å². The van der Waals surface area contributed by atoms with Crippen LogP contribution < -0.4 is 5.48 Å². The van der Waals surface area contributed by atoms with E-state index in [9.17, 15) is 4.39 Å². The maximum atomic E-state index is 13.8. The molecular weight excluding hydrogens is 394 g/mol. The first-order valence-electron chi connectivity index (χ1n) is 10.7. The Bertz CT molecular complexity index is 948. The van der Waals surface area contributed by atoms with Crippen LogP contribution >= 0.6 is 8.15 Å². The molecular formula is C25H32FN2OP. The summed E-state index contributed by atoms with van der Waals surface area (Å²) in [6.45, 7) is 8.75. The van der Waals surface area contributed by atoms with Crippen LogP contribution in [0.3, 0.4) is 0 Å². The number of hydrogen-bond acceptors (Lipinski definition) is 3. The van der Waals surface area contributed by atoms with Gasteiger partial charge in [0.1, 0.15) is 5.82 Å². The average molecular weight is 427 g/mol. The summed E-state index contributed by atoms with van der Waals surface area (Å²) in [6.07, 6.45) is 6.14. The molecule has 0 bridgehead atoms. The summed E-state index contributed by atoms with van der Waals surface area (Å²) in [5.41, 5.74) is 7.40. The number of halogens is 1. The second kappa shape index (κ2) is 10.8. The number of nitrogens with zero attached hydrogens (tertiary/aromatic N) is 1. The van der Waals surface area contributed by atoms with Gasteiger partial charge in [0.05, 0.1) is 19.4 Å². The molecule has 160 valence electrons. The van der Waals surface area contributed by atoms with Gasteiger partial charge in [0.2, 0.25) is 0 Å². The van der Waals surface area contributed by atoms with Crippen molar-refractivity contribution in [2.75, 3.05) is 18.3 Å². The molecule has 0 amide bonds. The molecule has 0 spiro atoms. The molecule has 1 heterocycles. The van der Waals surface area contributed by atoms with Crippen LogP contribution in [0.4, 0.5) is 10.1 Å².